The van der Waals surface area contributed by atoms with Gasteiger partial charge in [0.25, 0.3) is 0 Å². The molecule has 2 aliphatic heterocycles. The van der Waals surface area contributed by atoms with Crippen LogP contribution in [-0.2, 0) is 19.1 Å². The number of benzene rings is 2. The largest absolute Gasteiger partial charge is 0.466 e. The molecule has 2 aliphatic rings. The van der Waals surface area contributed by atoms with E-state index in [9.17, 15) is 14.4 Å². The first-order valence-electron chi connectivity index (χ1n) is 9.40. The molecule has 29 heavy (non-hydrogen) atoms. The molecule has 6 nitrogen and oxygen atoms in total. The lowest BCUT2D eigenvalue weighted by molar-refractivity contribution is -0.142. The normalized spacial score (nSPS) is 24.0. The number of likely N-dealkylation sites (tertiary alicyclic amines) is 1. The summed E-state index contributed by atoms with van der Waals surface area (Å²) in [7, 11) is 4.62. The zero-order chi connectivity index (χ0) is 20.8. The smallest absolute Gasteiger partial charge is 0.337 e. The highest BCUT2D eigenvalue weighted by atomic mass is 16.5. The third-order valence-electron chi connectivity index (χ3n) is 5.93. The van der Waals surface area contributed by atoms with Gasteiger partial charge >= 0.3 is 5.97 Å². The van der Waals surface area contributed by atoms with Crippen LogP contribution in [0.2, 0.25) is 0 Å². The summed E-state index contributed by atoms with van der Waals surface area (Å²) < 4.78 is 5.12. The number of rotatable bonds is 3. The van der Waals surface area contributed by atoms with Gasteiger partial charge in [-0.1, -0.05) is 60.7 Å². The summed E-state index contributed by atoms with van der Waals surface area (Å²) in [5, 5.41) is 0. The SMILES string of the molecule is COC(=O)C1=C(c2ccccc2)N(C)C(=O)C12CC(=O)N(C)C2c1ccccc1. The molecule has 0 aliphatic carbocycles. The molecular weight excluding hydrogens is 368 g/mol. The molecule has 148 valence electrons. The van der Waals surface area contributed by atoms with E-state index in [-0.39, 0.29) is 23.8 Å². The van der Waals surface area contributed by atoms with Crippen molar-refractivity contribution in [2.24, 2.45) is 5.41 Å². The lowest BCUT2D eigenvalue weighted by Crippen LogP contribution is -2.41. The van der Waals surface area contributed by atoms with Crippen molar-refractivity contribution in [2.45, 2.75) is 12.5 Å². The van der Waals surface area contributed by atoms with Crippen molar-refractivity contribution in [3.05, 3.63) is 77.4 Å². The summed E-state index contributed by atoms with van der Waals surface area (Å²) in [5.74, 6) is -1.05. The predicted octanol–water partition coefficient (Wildman–Crippen LogP) is 2.63. The highest BCUT2D eigenvalue weighted by Gasteiger charge is 2.65. The van der Waals surface area contributed by atoms with Crippen molar-refractivity contribution in [1.29, 1.82) is 0 Å². The van der Waals surface area contributed by atoms with Crippen LogP contribution in [0.25, 0.3) is 5.70 Å². The minimum atomic E-state index is -1.33. The van der Waals surface area contributed by atoms with E-state index in [0.717, 1.165) is 11.1 Å². The van der Waals surface area contributed by atoms with Crippen molar-refractivity contribution >= 4 is 23.5 Å². The average Bonchev–Trinajstić information content (AvgIpc) is 3.14. The van der Waals surface area contributed by atoms with Crippen LogP contribution in [0.4, 0.5) is 0 Å². The van der Waals surface area contributed by atoms with Gasteiger partial charge in [0.1, 0.15) is 5.41 Å². The maximum absolute atomic E-state index is 13.7. The van der Waals surface area contributed by atoms with Gasteiger partial charge < -0.3 is 14.5 Å². The molecule has 0 aromatic heterocycles. The van der Waals surface area contributed by atoms with Gasteiger partial charge in [-0.15, -0.1) is 0 Å². The van der Waals surface area contributed by atoms with Crippen molar-refractivity contribution in [1.82, 2.24) is 9.80 Å². The molecule has 4 rings (SSSR count). The quantitative estimate of drug-likeness (QED) is 0.756. The van der Waals surface area contributed by atoms with Crippen molar-refractivity contribution < 1.29 is 19.1 Å². The highest BCUT2D eigenvalue weighted by Crippen LogP contribution is 2.58. The fourth-order valence-electron chi connectivity index (χ4n) is 4.70. The van der Waals surface area contributed by atoms with Crippen LogP contribution >= 0.6 is 0 Å². The van der Waals surface area contributed by atoms with Crippen molar-refractivity contribution in [3.8, 4) is 0 Å². The van der Waals surface area contributed by atoms with Gasteiger partial charge in [-0.25, -0.2) is 4.79 Å². The summed E-state index contributed by atoms with van der Waals surface area (Å²) in [6, 6.07) is 18.0. The lowest BCUT2D eigenvalue weighted by Gasteiger charge is -2.33. The lowest BCUT2D eigenvalue weighted by atomic mass is 9.71. The topological polar surface area (TPSA) is 66.9 Å². The second-order valence-electron chi connectivity index (χ2n) is 7.41. The molecule has 0 radical (unpaired) electrons. The van der Waals surface area contributed by atoms with Gasteiger partial charge in [-0.05, 0) is 11.1 Å². The number of hydrogen-bond donors (Lipinski definition) is 0. The first-order valence-corrected chi connectivity index (χ1v) is 9.40. The number of nitrogens with zero attached hydrogens (tertiary/aromatic N) is 2. The third-order valence-corrected chi connectivity index (χ3v) is 5.93. The van der Waals surface area contributed by atoms with Crippen LogP contribution < -0.4 is 0 Å². The molecule has 1 spiro atoms. The van der Waals surface area contributed by atoms with Crippen LogP contribution in [0.3, 0.4) is 0 Å². The van der Waals surface area contributed by atoms with E-state index in [0.29, 0.717) is 5.70 Å². The molecule has 1 saturated heterocycles. The monoisotopic (exact) mass is 390 g/mol. The Hall–Kier alpha value is -3.41. The molecule has 2 aromatic rings. The zero-order valence-corrected chi connectivity index (χ0v) is 16.6. The summed E-state index contributed by atoms with van der Waals surface area (Å²) in [6.07, 6.45) is -0.0764. The van der Waals surface area contributed by atoms with Crippen LogP contribution in [0.5, 0.6) is 0 Å². The standard InChI is InChI=1S/C23H22N2O4/c1-24-17(26)14-23(20(24)16-12-8-5-9-13-16)18(21(27)29-3)19(25(2)22(23)28)15-10-6-4-7-11-15/h4-13,20H,14H2,1-3H3. The summed E-state index contributed by atoms with van der Waals surface area (Å²) >= 11 is 0. The van der Waals surface area contributed by atoms with Crippen molar-refractivity contribution in [2.75, 3.05) is 21.2 Å². The second-order valence-corrected chi connectivity index (χ2v) is 7.41. The Morgan fingerprint density at radius 3 is 2.17 bits per heavy atom. The Kier molecular flexibility index (Phi) is 4.49. The minimum Gasteiger partial charge on any atom is -0.466 e. The molecule has 0 saturated carbocycles. The number of ether oxygens (including phenoxy) is 1. The van der Waals surface area contributed by atoms with E-state index in [2.05, 4.69) is 0 Å². The van der Waals surface area contributed by atoms with E-state index in [1.807, 2.05) is 60.7 Å². The van der Waals surface area contributed by atoms with Gasteiger partial charge in [-0.3, -0.25) is 9.59 Å². The fraction of sp³-hybridized carbons (Fsp3) is 0.261. The number of amides is 2. The number of carbonyl (C=O) groups excluding carboxylic acids is 3. The Labute approximate surface area is 169 Å². The molecular formula is C23H22N2O4. The fourth-order valence-corrected chi connectivity index (χ4v) is 4.70. The molecule has 0 bridgehead atoms. The molecule has 1 fully saturated rings. The van der Waals surface area contributed by atoms with E-state index < -0.39 is 17.4 Å². The number of hydrogen-bond acceptors (Lipinski definition) is 4. The second kappa shape index (κ2) is 6.88. The van der Waals surface area contributed by atoms with Gasteiger partial charge in [0, 0.05) is 20.5 Å². The van der Waals surface area contributed by atoms with E-state index in [1.165, 1.54) is 12.0 Å². The Morgan fingerprint density at radius 2 is 1.59 bits per heavy atom. The first kappa shape index (κ1) is 18.9. The minimum absolute atomic E-state index is 0.0764. The maximum atomic E-state index is 13.7. The Morgan fingerprint density at radius 1 is 1.00 bits per heavy atom. The Bertz CT molecular complexity index is 1020. The first-order chi connectivity index (χ1) is 13.9. The van der Waals surface area contributed by atoms with Crippen molar-refractivity contribution in [3.63, 3.8) is 0 Å². The number of carbonyl (C=O) groups is 3. The Balaban J connectivity index is 2.04. The third kappa shape index (κ3) is 2.59. The van der Waals surface area contributed by atoms with Gasteiger partial charge in [0.2, 0.25) is 11.8 Å². The molecule has 2 heterocycles. The molecule has 2 unspecified atom stereocenters. The van der Waals surface area contributed by atoms with E-state index in [1.54, 1.807) is 19.0 Å². The van der Waals surface area contributed by atoms with Crippen LogP contribution in [0.1, 0.15) is 23.6 Å². The average molecular weight is 390 g/mol. The molecule has 2 amide bonds. The van der Waals surface area contributed by atoms with Crippen LogP contribution in [-0.4, -0.2) is 48.8 Å². The number of esters is 1. The van der Waals surface area contributed by atoms with Gasteiger partial charge in [0.15, 0.2) is 0 Å². The summed E-state index contributed by atoms with van der Waals surface area (Å²) in [5.41, 5.74) is 0.935. The molecule has 2 atom stereocenters. The van der Waals surface area contributed by atoms with Crippen LogP contribution in [0.15, 0.2) is 66.2 Å². The molecule has 2 aromatic carbocycles. The van der Waals surface area contributed by atoms with E-state index in [4.69, 9.17) is 4.74 Å². The van der Waals surface area contributed by atoms with Gasteiger partial charge in [-0.2, -0.15) is 0 Å². The number of methoxy groups -OCH3 is 1. The molecule has 6 heteroatoms. The molecule has 0 N–H and O–H groups in total. The predicted molar refractivity (Wildman–Crippen MR) is 107 cm³/mol. The van der Waals surface area contributed by atoms with Gasteiger partial charge in [0.05, 0.1) is 24.4 Å². The zero-order valence-electron chi connectivity index (χ0n) is 16.6. The van der Waals surface area contributed by atoms with Crippen LogP contribution in [0, 0.1) is 5.41 Å². The maximum Gasteiger partial charge on any atom is 0.337 e. The summed E-state index contributed by atoms with van der Waals surface area (Å²) in [4.78, 5) is 42.7. The highest BCUT2D eigenvalue weighted by molar-refractivity contribution is 6.16. The summed E-state index contributed by atoms with van der Waals surface area (Å²) in [6.45, 7) is 0. The van der Waals surface area contributed by atoms with E-state index >= 15 is 0 Å².